The Labute approximate surface area is 535 Å². The largest absolute Gasteiger partial charge is 0.444 e. The highest BCUT2D eigenvalue weighted by molar-refractivity contribution is 14.0. The molecule has 0 aromatic carbocycles. The van der Waals surface area contributed by atoms with Crippen LogP contribution in [0.5, 0.6) is 0 Å². The lowest BCUT2D eigenvalue weighted by molar-refractivity contribution is -0.284. The summed E-state index contributed by atoms with van der Waals surface area (Å²) in [6.07, 6.45) is 33.3. The van der Waals surface area contributed by atoms with Crippen molar-refractivity contribution in [2.24, 2.45) is 72.2 Å². The van der Waals surface area contributed by atoms with E-state index in [4.69, 9.17) is 32.9 Å². The van der Waals surface area contributed by atoms with Crippen LogP contribution >= 0.6 is 36.4 Å². The number of amides is 1. The fraction of sp³-hybridized carbons (Fsp3) is 0.694. The lowest BCUT2D eigenvalue weighted by Gasteiger charge is -2.64. The summed E-state index contributed by atoms with van der Waals surface area (Å²) < 4.78 is 17.7. The molecule has 11 nitrogen and oxygen atoms in total. The van der Waals surface area contributed by atoms with Crippen molar-refractivity contribution in [3.63, 3.8) is 0 Å². The Morgan fingerprint density at radius 1 is 0.776 bits per heavy atom. The highest BCUT2D eigenvalue weighted by atomic mass is 127. The van der Waals surface area contributed by atoms with Crippen molar-refractivity contribution in [1.29, 1.82) is 5.26 Å². The molecule has 0 bridgehead atoms. The number of nitrogens with two attached hydrogens (primary N) is 1. The highest BCUT2D eigenvalue weighted by Gasteiger charge is 2.66. The highest BCUT2D eigenvalue weighted by Crippen LogP contribution is 2.70. The Hall–Kier alpha value is -4.46. The molecule has 0 unspecified atom stereocenters. The zero-order valence-corrected chi connectivity index (χ0v) is 55.0. The monoisotopic (exact) mass is 1300 g/mol. The second-order valence-electron chi connectivity index (χ2n) is 28.6. The first-order valence-electron chi connectivity index (χ1n) is 30.4. The molecule has 1 heterocycles. The van der Waals surface area contributed by atoms with Crippen LogP contribution in [0.25, 0.3) is 4.85 Å². The number of rotatable bonds is 3. The number of hydrogen-bond donors (Lipinski definition) is 2. The third-order valence-corrected chi connectivity index (χ3v) is 21.9. The number of alkyl carbamates (subject to hydrolysis) is 1. The molecule has 10 aliphatic rings. The van der Waals surface area contributed by atoms with Gasteiger partial charge in [0.05, 0.1) is 41.6 Å². The topological polar surface area (TPSA) is 162 Å². The average Bonchev–Trinajstić information content (AvgIpc) is 1.32. The molecule has 85 heavy (non-hydrogen) atoms. The third kappa shape index (κ3) is 12.8. The number of nitrogens with one attached hydrogen (secondary N) is 1. The normalized spacial score (nSPS) is 34.3. The third-order valence-electron chi connectivity index (χ3n) is 21.9. The molecule has 1 saturated heterocycles. The minimum absolute atomic E-state index is 0. The number of ether oxygens (including phenoxy) is 3. The first-order valence-corrected chi connectivity index (χ1v) is 30.4. The minimum atomic E-state index is -0.750. The van der Waals surface area contributed by atoms with Gasteiger partial charge < -0.3 is 30.1 Å². The Morgan fingerprint density at radius 2 is 1.35 bits per heavy atom. The van der Waals surface area contributed by atoms with Gasteiger partial charge in [-0.25, -0.2) is 9.64 Å². The van der Waals surface area contributed by atoms with Crippen LogP contribution in [-0.2, 0) is 28.6 Å². The number of carbonyl (C=O) groups is 4. The summed E-state index contributed by atoms with van der Waals surface area (Å²) in [5.74, 6) is 17.1. The number of hydrogen-bond acceptors (Lipinski definition) is 9. The van der Waals surface area contributed by atoms with Crippen molar-refractivity contribution in [3.05, 3.63) is 69.8 Å². The Balaban J connectivity index is 0.000000269. The van der Waals surface area contributed by atoms with Gasteiger partial charge in [0.15, 0.2) is 17.4 Å². The van der Waals surface area contributed by atoms with Gasteiger partial charge in [0.25, 0.3) is 0 Å². The number of nitriles is 1. The van der Waals surface area contributed by atoms with E-state index >= 15 is 0 Å². The van der Waals surface area contributed by atoms with Crippen LogP contribution in [0, 0.1) is 120 Å². The molecule has 13 heteroatoms. The number of Topliss-reactive ketones (excluding diaryl/α,β-unsaturated/α-hetero) is 2. The quantitative estimate of drug-likeness (QED) is 0.0921. The van der Waals surface area contributed by atoms with Gasteiger partial charge in [-0.15, -0.1) is 54.6 Å². The van der Waals surface area contributed by atoms with Gasteiger partial charge in [-0.1, -0.05) is 113 Å². The number of fused-ring (bicyclic) bond motifs is 9. The van der Waals surface area contributed by atoms with E-state index in [2.05, 4.69) is 93.5 Å². The van der Waals surface area contributed by atoms with E-state index in [1.54, 1.807) is 17.7 Å². The molecule has 3 N–H and O–H groups in total. The van der Waals surface area contributed by atoms with Crippen molar-refractivity contribution in [2.75, 3.05) is 26.3 Å². The number of nitrogens with zero attached hydrogens (tertiary/aromatic N) is 2. The van der Waals surface area contributed by atoms with Crippen LogP contribution in [0.1, 0.15) is 214 Å². The molecule has 5 saturated carbocycles. The summed E-state index contributed by atoms with van der Waals surface area (Å²) >= 11 is 0. The van der Waals surface area contributed by atoms with Gasteiger partial charge in [0, 0.05) is 60.4 Å². The van der Waals surface area contributed by atoms with Gasteiger partial charge >= 0.3 is 6.09 Å². The summed E-state index contributed by atoms with van der Waals surface area (Å²) in [4.78, 5) is 53.3. The Morgan fingerprint density at radius 3 is 1.95 bits per heavy atom. The molecule has 0 radical (unpaired) electrons. The number of ketones is 3. The second-order valence-corrected chi connectivity index (χ2v) is 28.6. The van der Waals surface area contributed by atoms with Crippen LogP contribution in [0.4, 0.5) is 4.79 Å². The van der Waals surface area contributed by atoms with Gasteiger partial charge in [-0.05, 0) is 168 Å². The van der Waals surface area contributed by atoms with Crippen LogP contribution in [0.2, 0.25) is 0 Å². The van der Waals surface area contributed by atoms with Crippen LogP contribution in [0.15, 0.2) is 58.4 Å². The Kier molecular flexibility index (Phi) is 22.9. The molecule has 1 amide bonds. The van der Waals surface area contributed by atoms with Gasteiger partial charge in [-0.2, -0.15) is 5.26 Å². The van der Waals surface area contributed by atoms with Gasteiger partial charge in [0.1, 0.15) is 17.5 Å². The van der Waals surface area contributed by atoms with E-state index in [1.807, 2.05) is 47.6 Å². The molecule has 0 aromatic heterocycles. The van der Waals surface area contributed by atoms with Crippen LogP contribution < -0.4 is 11.1 Å². The maximum Gasteiger partial charge on any atom is 0.407 e. The number of carbonyl (C=O) groups excluding carboxylic acids is 4. The fourth-order valence-corrected chi connectivity index (χ4v) is 18.0. The van der Waals surface area contributed by atoms with Crippen molar-refractivity contribution in [1.82, 2.24) is 5.32 Å². The van der Waals surface area contributed by atoms with E-state index in [0.29, 0.717) is 62.8 Å². The van der Waals surface area contributed by atoms with E-state index in [-0.39, 0.29) is 124 Å². The first-order chi connectivity index (χ1) is 38.0. The summed E-state index contributed by atoms with van der Waals surface area (Å²) in [7, 11) is 0. The number of allylic oxidation sites excluding steroid dienone is 10. The fourth-order valence-electron chi connectivity index (χ4n) is 18.0. The lowest BCUT2D eigenvalue weighted by atomic mass is 9.43. The summed E-state index contributed by atoms with van der Waals surface area (Å²) in [5.41, 5.74) is 7.06. The zero-order chi connectivity index (χ0) is 59.3. The van der Waals surface area contributed by atoms with Crippen LogP contribution in [-0.4, -0.2) is 61.1 Å². The molecular weight excluding hydrogens is 1200 g/mol. The number of terminal acetylenes is 1. The predicted octanol–water partition coefficient (Wildman–Crippen LogP) is 15.9. The minimum Gasteiger partial charge on any atom is -0.444 e. The van der Waals surface area contributed by atoms with Crippen molar-refractivity contribution >= 4 is 59.8 Å². The second kappa shape index (κ2) is 26.7. The standard InChI is InChI=1S/C26H39NO3.C23H23N3O2.C21H30O2.2CH4.ClH.HI/c1-23(2,3)30-22(29)27-18-10-9-15-26-14-8-7-11-20(26)25(6)16-13-21(28)24(4,5)19(25)12-17-26;1-21(2)18-7-9-23(8-5-6-10-24)12-15(14-25)17(27)11-19(23)22(18,3)13-16(26-4)20(21)28;1-5-20-10-7-6-8-17(20)19(4)12-13-21(22-14-15-23-21)18(2,3)16(19)9-11-20;;;;/h11,19H,7-8,10,12-14,16-18H2,1-6H3,(H,27,29);11-13,18H,6-7,9-10,24H2,1-3H3;1,8,16H,6-7,9-15H2,2-4H3;2*1H4;2*1H/t19-,25-,26-;18-,22-,23-;16-,19-,20+;;;;/m000..../s1. The molecule has 9 atom stereocenters. The molecule has 6 fully saturated rings. The Bertz CT molecular complexity index is 3020. The van der Waals surface area contributed by atoms with E-state index in [1.165, 1.54) is 43.8 Å². The molecule has 1 aliphatic heterocycles. The molecule has 10 rings (SSSR count). The summed E-state index contributed by atoms with van der Waals surface area (Å²) in [5, 5.41) is 12.2. The van der Waals surface area contributed by atoms with Crippen molar-refractivity contribution < 1.29 is 33.4 Å². The average molecular weight is 1300 g/mol. The van der Waals surface area contributed by atoms with Gasteiger partial charge in [0.2, 0.25) is 5.70 Å². The van der Waals surface area contributed by atoms with E-state index in [9.17, 15) is 24.4 Å². The SMILES string of the molecule is C.C.C#C[C@]12CCCC=C1[C@@]1(C)CCC3(OCCO3)C(C)(C)[C@@H]1CC2.CC(C)(C)OC(=O)NCCC#C[C@]12CCCC=C1[C@@]1(C)CCC(=O)C(C)(C)[C@@H]1CC2.Cl.I.[C-]#[N+]C1=C[C@]2(C)C3=CC(=O)C(C#N)=C[C@]3(C#CCCN)CC[C@H]2C(C)(C)C1=O. The molecule has 1 spiro atoms. The summed E-state index contributed by atoms with van der Waals surface area (Å²) in [6.45, 7) is 35.1. The maximum atomic E-state index is 12.8. The van der Waals surface area contributed by atoms with Gasteiger partial charge in [-0.3, -0.25) is 9.59 Å². The maximum absolute atomic E-state index is 12.8. The molecule has 9 aliphatic carbocycles. The van der Waals surface area contributed by atoms with E-state index in [0.717, 1.165) is 70.2 Å². The number of halogens is 2. The first kappa shape index (κ1) is 73.0. The molecule has 466 valence electrons. The van der Waals surface area contributed by atoms with Crippen molar-refractivity contribution in [3.8, 4) is 42.1 Å². The molecule has 0 aromatic rings. The smallest absolute Gasteiger partial charge is 0.407 e. The predicted molar refractivity (Wildman–Crippen MR) is 353 cm³/mol. The zero-order valence-electron chi connectivity index (χ0n) is 51.9. The van der Waals surface area contributed by atoms with E-state index < -0.39 is 21.8 Å². The lowest BCUT2D eigenvalue weighted by Crippen LogP contribution is -2.61. The molecular formula is C72H102ClIN4O7. The van der Waals surface area contributed by atoms with Crippen LogP contribution in [0.3, 0.4) is 0 Å². The van der Waals surface area contributed by atoms with Crippen molar-refractivity contribution in [2.45, 2.75) is 225 Å². The summed E-state index contributed by atoms with van der Waals surface area (Å²) in [6, 6.07) is 1.99.